The van der Waals surface area contributed by atoms with Crippen molar-refractivity contribution in [3.63, 3.8) is 0 Å². The van der Waals surface area contributed by atoms with Gasteiger partial charge >= 0.3 is 6.18 Å². The minimum absolute atomic E-state index is 0.148. The van der Waals surface area contributed by atoms with Crippen molar-refractivity contribution in [1.29, 1.82) is 0 Å². The molecule has 0 aliphatic heterocycles. The molecule has 1 heterocycles. The van der Waals surface area contributed by atoms with Crippen LogP contribution in [0, 0.1) is 6.92 Å². The Morgan fingerprint density at radius 3 is 2.67 bits per heavy atom. The van der Waals surface area contributed by atoms with Crippen LogP contribution in [0.15, 0.2) is 30.5 Å². The van der Waals surface area contributed by atoms with Crippen molar-refractivity contribution in [3.05, 3.63) is 51.5 Å². The fraction of sp³-hybridized carbons (Fsp3) is 0.400. The number of aromatic nitrogens is 1. The highest BCUT2D eigenvalue weighted by molar-refractivity contribution is 7.11. The highest BCUT2D eigenvalue weighted by Gasteiger charge is 2.35. The van der Waals surface area contributed by atoms with E-state index in [2.05, 4.69) is 16.4 Å². The van der Waals surface area contributed by atoms with E-state index in [0.29, 0.717) is 29.2 Å². The second-order valence-corrected chi connectivity index (χ2v) is 5.93. The van der Waals surface area contributed by atoms with Gasteiger partial charge in [0, 0.05) is 17.1 Å². The topological polar surface area (TPSA) is 24.9 Å². The number of nitrogens with zero attached hydrogens (tertiary/aromatic N) is 1. The number of thiazole rings is 1. The standard InChI is InChI=1S/C15H17F3N2S/c1-3-19-12(8-11-6-4-5-10(2)7-11)13-9-20-14(21-13)15(16,17)18/h4-7,9,12,19H,3,8H2,1-2H3. The van der Waals surface area contributed by atoms with Crippen LogP contribution < -0.4 is 5.32 Å². The lowest BCUT2D eigenvalue weighted by atomic mass is 10.0. The van der Waals surface area contributed by atoms with Crippen LogP contribution in [-0.4, -0.2) is 11.5 Å². The van der Waals surface area contributed by atoms with E-state index in [9.17, 15) is 13.2 Å². The number of rotatable bonds is 5. The van der Waals surface area contributed by atoms with Crippen LogP contribution >= 0.6 is 11.3 Å². The van der Waals surface area contributed by atoms with E-state index in [0.717, 1.165) is 11.1 Å². The van der Waals surface area contributed by atoms with Crippen molar-refractivity contribution in [2.45, 2.75) is 32.5 Å². The van der Waals surface area contributed by atoms with Crippen LogP contribution in [0.1, 0.15) is 34.0 Å². The lowest BCUT2D eigenvalue weighted by molar-refractivity contribution is -0.137. The normalized spacial score (nSPS) is 13.4. The number of hydrogen-bond acceptors (Lipinski definition) is 3. The quantitative estimate of drug-likeness (QED) is 0.887. The number of halogens is 3. The molecule has 0 fully saturated rings. The van der Waals surface area contributed by atoms with E-state index < -0.39 is 11.2 Å². The predicted molar refractivity (Wildman–Crippen MR) is 78.4 cm³/mol. The summed E-state index contributed by atoms with van der Waals surface area (Å²) in [6.07, 6.45) is -2.39. The number of nitrogens with one attached hydrogen (secondary N) is 1. The third kappa shape index (κ3) is 4.28. The summed E-state index contributed by atoms with van der Waals surface area (Å²) >= 11 is 0.713. The Balaban J connectivity index is 2.20. The number of aryl methyl sites for hydroxylation is 1. The van der Waals surface area contributed by atoms with E-state index in [4.69, 9.17) is 0 Å². The summed E-state index contributed by atoms with van der Waals surface area (Å²) in [7, 11) is 0. The molecule has 0 spiro atoms. The van der Waals surface area contributed by atoms with Gasteiger partial charge < -0.3 is 5.32 Å². The average molecular weight is 314 g/mol. The van der Waals surface area contributed by atoms with Crippen molar-refractivity contribution in [3.8, 4) is 0 Å². The molecule has 1 aromatic heterocycles. The van der Waals surface area contributed by atoms with Crippen LogP contribution in [0.5, 0.6) is 0 Å². The minimum Gasteiger partial charge on any atom is -0.309 e. The maximum Gasteiger partial charge on any atom is 0.443 e. The molecule has 6 heteroatoms. The SMILES string of the molecule is CCNC(Cc1cccc(C)c1)c1cnc(C(F)(F)F)s1. The van der Waals surface area contributed by atoms with Crippen LogP contribution in [-0.2, 0) is 12.6 Å². The lowest BCUT2D eigenvalue weighted by Gasteiger charge is -2.16. The Labute approximate surface area is 126 Å². The van der Waals surface area contributed by atoms with E-state index >= 15 is 0 Å². The molecule has 1 aromatic carbocycles. The van der Waals surface area contributed by atoms with Crippen molar-refractivity contribution >= 4 is 11.3 Å². The van der Waals surface area contributed by atoms with Gasteiger partial charge in [-0.15, -0.1) is 11.3 Å². The molecule has 0 bridgehead atoms. The van der Waals surface area contributed by atoms with Crippen LogP contribution in [0.3, 0.4) is 0 Å². The fourth-order valence-electron chi connectivity index (χ4n) is 2.17. The molecule has 0 aliphatic rings. The first-order chi connectivity index (χ1) is 9.90. The first-order valence-electron chi connectivity index (χ1n) is 6.72. The molecule has 0 saturated heterocycles. The summed E-state index contributed by atoms with van der Waals surface area (Å²) < 4.78 is 38.0. The third-order valence-electron chi connectivity index (χ3n) is 3.08. The molecule has 2 nitrogen and oxygen atoms in total. The van der Waals surface area contributed by atoms with Gasteiger partial charge in [0.05, 0.1) is 0 Å². The molecule has 1 unspecified atom stereocenters. The largest absolute Gasteiger partial charge is 0.443 e. The number of benzene rings is 1. The maximum absolute atomic E-state index is 12.7. The van der Waals surface area contributed by atoms with Gasteiger partial charge in [-0.25, -0.2) is 4.98 Å². The zero-order valence-corrected chi connectivity index (χ0v) is 12.7. The molecule has 1 N–H and O–H groups in total. The summed E-state index contributed by atoms with van der Waals surface area (Å²) in [5.41, 5.74) is 2.24. The Morgan fingerprint density at radius 2 is 2.10 bits per heavy atom. The average Bonchev–Trinajstić information content (AvgIpc) is 2.87. The maximum atomic E-state index is 12.7. The fourth-order valence-corrected chi connectivity index (χ4v) is 3.03. The van der Waals surface area contributed by atoms with Gasteiger partial charge in [0.1, 0.15) is 0 Å². The molecule has 0 aliphatic carbocycles. The van der Waals surface area contributed by atoms with E-state index in [1.807, 2.05) is 32.0 Å². The smallest absolute Gasteiger partial charge is 0.309 e. The van der Waals surface area contributed by atoms with Crippen LogP contribution in [0.2, 0.25) is 0 Å². The zero-order chi connectivity index (χ0) is 15.5. The van der Waals surface area contributed by atoms with Gasteiger partial charge in [-0.2, -0.15) is 13.2 Å². The van der Waals surface area contributed by atoms with Gasteiger partial charge in [0.2, 0.25) is 0 Å². The minimum atomic E-state index is -4.37. The highest BCUT2D eigenvalue weighted by Crippen LogP contribution is 2.35. The van der Waals surface area contributed by atoms with E-state index in [1.165, 1.54) is 6.20 Å². The van der Waals surface area contributed by atoms with Crippen molar-refractivity contribution in [2.24, 2.45) is 0 Å². The molecule has 21 heavy (non-hydrogen) atoms. The first-order valence-corrected chi connectivity index (χ1v) is 7.53. The number of hydrogen-bond donors (Lipinski definition) is 1. The second kappa shape index (κ2) is 6.58. The molecule has 1 atom stereocenters. The third-order valence-corrected chi connectivity index (χ3v) is 4.24. The van der Waals surface area contributed by atoms with E-state index in [-0.39, 0.29) is 6.04 Å². The second-order valence-electron chi connectivity index (χ2n) is 4.87. The summed E-state index contributed by atoms with van der Waals surface area (Å²) in [4.78, 5) is 4.12. The number of alkyl halides is 3. The van der Waals surface area contributed by atoms with Gasteiger partial charge in [0.15, 0.2) is 5.01 Å². The number of likely N-dealkylation sites (N-methyl/N-ethyl adjacent to an activating group) is 1. The van der Waals surface area contributed by atoms with Crippen molar-refractivity contribution in [2.75, 3.05) is 6.54 Å². The van der Waals surface area contributed by atoms with Crippen molar-refractivity contribution in [1.82, 2.24) is 10.3 Å². The summed E-state index contributed by atoms with van der Waals surface area (Å²) in [6, 6.07) is 7.85. The zero-order valence-electron chi connectivity index (χ0n) is 11.9. The van der Waals surface area contributed by atoms with Crippen LogP contribution in [0.4, 0.5) is 13.2 Å². The molecular formula is C15H17F3N2S. The lowest BCUT2D eigenvalue weighted by Crippen LogP contribution is -2.22. The van der Waals surface area contributed by atoms with Gasteiger partial charge in [-0.1, -0.05) is 36.8 Å². The van der Waals surface area contributed by atoms with Gasteiger partial charge in [-0.05, 0) is 25.5 Å². The molecule has 114 valence electrons. The summed E-state index contributed by atoms with van der Waals surface area (Å²) in [5, 5.41) is 2.45. The summed E-state index contributed by atoms with van der Waals surface area (Å²) in [6.45, 7) is 4.63. The Kier molecular flexibility index (Phi) is 5.00. The predicted octanol–water partition coefficient (Wildman–Crippen LogP) is 4.36. The summed E-state index contributed by atoms with van der Waals surface area (Å²) in [5.74, 6) is 0. The molecule has 0 radical (unpaired) electrons. The van der Waals surface area contributed by atoms with Crippen molar-refractivity contribution < 1.29 is 13.2 Å². The Morgan fingerprint density at radius 1 is 1.33 bits per heavy atom. The van der Waals surface area contributed by atoms with E-state index in [1.54, 1.807) is 0 Å². The van der Waals surface area contributed by atoms with Gasteiger partial charge in [-0.3, -0.25) is 0 Å². The first kappa shape index (κ1) is 16.0. The molecule has 0 amide bonds. The highest BCUT2D eigenvalue weighted by atomic mass is 32.1. The molecule has 0 saturated carbocycles. The Bertz CT molecular complexity index is 593. The Hall–Kier alpha value is -1.40. The molecule has 2 aromatic rings. The molecular weight excluding hydrogens is 297 g/mol. The van der Waals surface area contributed by atoms with Crippen LogP contribution in [0.25, 0.3) is 0 Å². The monoisotopic (exact) mass is 314 g/mol. The van der Waals surface area contributed by atoms with Gasteiger partial charge in [0.25, 0.3) is 0 Å². The molecule has 2 rings (SSSR count).